The number of imidazole rings is 1. The van der Waals surface area contributed by atoms with Crippen molar-refractivity contribution in [3.8, 4) is 0 Å². The van der Waals surface area contributed by atoms with Crippen molar-refractivity contribution in [1.82, 2.24) is 19.9 Å². The van der Waals surface area contributed by atoms with Crippen molar-refractivity contribution in [2.75, 3.05) is 6.54 Å². The fourth-order valence-electron chi connectivity index (χ4n) is 2.16. The lowest BCUT2D eigenvalue weighted by molar-refractivity contribution is -0.127. The molecule has 0 aromatic carbocycles. The maximum absolute atomic E-state index is 11.6. The molecule has 1 amide bonds. The van der Waals surface area contributed by atoms with E-state index >= 15 is 0 Å². The number of aromatic nitrogens is 2. The topological polar surface area (TPSA) is 76.2 Å². The first-order valence-corrected chi connectivity index (χ1v) is 5.50. The molecule has 3 N–H and O–H groups in total. The van der Waals surface area contributed by atoms with Crippen LogP contribution >= 0.6 is 0 Å². The van der Waals surface area contributed by atoms with Gasteiger partial charge in [-0.1, -0.05) is 6.92 Å². The summed E-state index contributed by atoms with van der Waals surface area (Å²) in [7, 11) is 0. The normalized spacial score (nSPS) is 17.9. The molecule has 1 aliphatic heterocycles. The maximum atomic E-state index is 11.6. The lowest BCUT2D eigenvalue weighted by Crippen LogP contribution is -2.50. The number of nitrogens with two attached hydrogens (primary N) is 1. The van der Waals surface area contributed by atoms with Crippen molar-refractivity contribution in [3.63, 3.8) is 0 Å². The third kappa shape index (κ3) is 1.94. The molecule has 6 nitrogen and oxygen atoms in total. The molecule has 2 heterocycles. The van der Waals surface area contributed by atoms with Crippen LogP contribution in [-0.2, 0) is 17.9 Å². The SMILES string of the molecule is CCC(C(=O)NN)N1CCn2ccnc2C1. The Morgan fingerprint density at radius 2 is 2.50 bits per heavy atom. The van der Waals surface area contributed by atoms with E-state index < -0.39 is 0 Å². The first-order valence-electron chi connectivity index (χ1n) is 5.50. The third-order valence-corrected chi connectivity index (χ3v) is 3.05. The maximum Gasteiger partial charge on any atom is 0.251 e. The Balaban J connectivity index is 2.09. The van der Waals surface area contributed by atoms with Crippen LogP contribution < -0.4 is 11.3 Å². The number of rotatable bonds is 3. The number of nitrogens with zero attached hydrogens (tertiary/aromatic N) is 3. The Morgan fingerprint density at radius 3 is 3.19 bits per heavy atom. The van der Waals surface area contributed by atoms with E-state index in [2.05, 4.69) is 19.9 Å². The summed E-state index contributed by atoms with van der Waals surface area (Å²) in [5.41, 5.74) is 2.22. The summed E-state index contributed by atoms with van der Waals surface area (Å²) < 4.78 is 2.11. The van der Waals surface area contributed by atoms with Crippen LogP contribution in [0, 0.1) is 0 Å². The average molecular weight is 223 g/mol. The molecule has 1 unspecified atom stereocenters. The lowest BCUT2D eigenvalue weighted by Gasteiger charge is -2.32. The van der Waals surface area contributed by atoms with Gasteiger partial charge >= 0.3 is 0 Å². The molecule has 2 rings (SSSR count). The van der Waals surface area contributed by atoms with Gasteiger partial charge in [0, 0.05) is 25.5 Å². The number of amides is 1. The second-order valence-corrected chi connectivity index (χ2v) is 3.94. The summed E-state index contributed by atoms with van der Waals surface area (Å²) in [6, 6.07) is -0.157. The van der Waals surface area contributed by atoms with E-state index in [0.717, 1.165) is 25.3 Å². The minimum Gasteiger partial charge on any atom is -0.333 e. The summed E-state index contributed by atoms with van der Waals surface area (Å²) in [6.45, 7) is 4.43. The van der Waals surface area contributed by atoms with Gasteiger partial charge in [0.2, 0.25) is 0 Å². The third-order valence-electron chi connectivity index (χ3n) is 3.05. The summed E-state index contributed by atoms with van der Waals surface area (Å²) in [5.74, 6) is 6.07. The van der Waals surface area contributed by atoms with Crippen LogP contribution in [-0.4, -0.2) is 32.9 Å². The van der Waals surface area contributed by atoms with E-state index in [0.29, 0.717) is 6.54 Å². The van der Waals surface area contributed by atoms with E-state index in [1.165, 1.54) is 0 Å². The fourth-order valence-corrected chi connectivity index (χ4v) is 2.16. The van der Waals surface area contributed by atoms with Gasteiger partial charge in [-0.3, -0.25) is 15.1 Å². The van der Waals surface area contributed by atoms with Crippen molar-refractivity contribution in [2.24, 2.45) is 5.84 Å². The highest BCUT2D eigenvalue weighted by molar-refractivity contribution is 5.81. The van der Waals surface area contributed by atoms with Gasteiger partial charge in [-0.2, -0.15) is 0 Å². The molecule has 0 spiro atoms. The molecule has 0 saturated carbocycles. The van der Waals surface area contributed by atoms with Crippen molar-refractivity contribution in [3.05, 3.63) is 18.2 Å². The van der Waals surface area contributed by atoms with Crippen LogP contribution in [0.3, 0.4) is 0 Å². The fraction of sp³-hybridized carbons (Fsp3) is 0.600. The number of carbonyl (C=O) groups is 1. The molecule has 0 radical (unpaired) electrons. The van der Waals surface area contributed by atoms with Crippen molar-refractivity contribution >= 4 is 5.91 Å². The number of hydrogen-bond donors (Lipinski definition) is 2. The molecular weight excluding hydrogens is 206 g/mol. The summed E-state index contributed by atoms with van der Waals surface area (Å²) in [4.78, 5) is 18.0. The van der Waals surface area contributed by atoms with Gasteiger partial charge in [-0.05, 0) is 6.42 Å². The van der Waals surface area contributed by atoms with E-state index in [9.17, 15) is 4.79 Å². The predicted octanol–water partition coefficient (Wildman–Crippen LogP) is -0.533. The Kier molecular flexibility index (Phi) is 3.21. The average Bonchev–Trinajstić information content (AvgIpc) is 2.77. The highest BCUT2D eigenvalue weighted by atomic mass is 16.2. The van der Waals surface area contributed by atoms with Gasteiger partial charge in [-0.25, -0.2) is 10.8 Å². The summed E-state index contributed by atoms with van der Waals surface area (Å²) in [5, 5.41) is 0. The second-order valence-electron chi connectivity index (χ2n) is 3.94. The van der Waals surface area contributed by atoms with E-state index in [4.69, 9.17) is 5.84 Å². The Bertz CT molecular complexity index is 375. The van der Waals surface area contributed by atoms with Crippen molar-refractivity contribution < 1.29 is 4.79 Å². The molecule has 6 heteroatoms. The number of hydrogen-bond acceptors (Lipinski definition) is 4. The molecule has 0 fully saturated rings. The Morgan fingerprint density at radius 1 is 1.69 bits per heavy atom. The van der Waals surface area contributed by atoms with Gasteiger partial charge in [0.25, 0.3) is 5.91 Å². The van der Waals surface area contributed by atoms with Gasteiger partial charge in [0.05, 0.1) is 12.6 Å². The zero-order chi connectivity index (χ0) is 11.5. The molecule has 1 aromatic heterocycles. The quantitative estimate of drug-likeness (QED) is 0.410. The predicted molar refractivity (Wildman–Crippen MR) is 59.0 cm³/mol. The van der Waals surface area contributed by atoms with Gasteiger partial charge in [0.15, 0.2) is 0 Å². The van der Waals surface area contributed by atoms with E-state index in [1.807, 2.05) is 13.1 Å². The molecule has 1 atom stereocenters. The zero-order valence-corrected chi connectivity index (χ0v) is 9.39. The molecule has 1 aromatic rings. The smallest absolute Gasteiger partial charge is 0.251 e. The largest absolute Gasteiger partial charge is 0.333 e. The van der Waals surface area contributed by atoms with E-state index in [-0.39, 0.29) is 11.9 Å². The molecule has 1 aliphatic rings. The highest BCUT2D eigenvalue weighted by Crippen LogP contribution is 2.15. The monoisotopic (exact) mass is 223 g/mol. The minimum atomic E-state index is -0.157. The molecular formula is C10H17N5O. The Labute approximate surface area is 94.4 Å². The number of fused-ring (bicyclic) bond motifs is 1. The van der Waals surface area contributed by atoms with Crippen LogP contribution in [0.25, 0.3) is 0 Å². The summed E-state index contributed by atoms with van der Waals surface area (Å²) in [6.07, 6.45) is 4.52. The van der Waals surface area contributed by atoms with Crippen LogP contribution in [0.4, 0.5) is 0 Å². The molecule has 16 heavy (non-hydrogen) atoms. The first-order chi connectivity index (χ1) is 7.76. The molecule has 88 valence electrons. The van der Waals surface area contributed by atoms with Crippen LogP contribution in [0.15, 0.2) is 12.4 Å². The second kappa shape index (κ2) is 4.63. The van der Waals surface area contributed by atoms with Crippen molar-refractivity contribution in [2.45, 2.75) is 32.5 Å². The first kappa shape index (κ1) is 11.1. The molecule has 0 saturated heterocycles. The number of carbonyl (C=O) groups excluding carboxylic acids is 1. The lowest BCUT2D eigenvalue weighted by atomic mass is 10.1. The minimum absolute atomic E-state index is 0.123. The van der Waals surface area contributed by atoms with Crippen molar-refractivity contribution in [1.29, 1.82) is 0 Å². The van der Waals surface area contributed by atoms with Crippen LogP contribution in [0.5, 0.6) is 0 Å². The van der Waals surface area contributed by atoms with Gasteiger partial charge in [-0.15, -0.1) is 0 Å². The zero-order valence-electron chi connectivity index (χ0n) is 9.39. The van der Waals surface area contributed by atoms with Crippen LogP contribution in [0.1, 0.15) is 19.2 Å². The highest BCUT2D eigenvalue weighted by Gasteiger charge is 2.27. The molecule has 0 bridgehead atoms. The van der Waals surface area contributed by atoms with Crippen LogP contribution in [0.2, 0.25) is 0 Å². The molecule has 0 aliphatic carbocycles. The summed E-state index contributed by atoms with van der Waals surface area (Å²) >= 11 is 0. The van der Waals surface area contributed by atoms with Gasteiger partial charge in [0.1, 0.15) is 5.82 Å². The number of nitrogens with one attached hydrogen (secondary N) is 1. The van der Waals surface area contributed by atoms with Gasteiger partial charge < -0.3 is 4.57 Å². The van der Waals surface area contributed by atoms with E-state index in [1.54, 1.807) is 6.20 Å². The Hall–Kier alpha value is -1.40. The number of hydrazine groups is 1. The standard InChI is InChI=1S/C10H17N5O/c1-2-8(10(16)13-11)15-6-5-14-4-3-12-9(14)7-15/h3-4,8H,2,5-7,11H2,1H3,(H,13,16).